The molecule has 0 saturated heterocycles. The highest BCUT2D eigenvalue weighted by Crippen LogP contribution is 2.00. The number of amides is 2. The van der Waals surface area contributed by atoms with Crippen molar-refractivity contribution >= 4 is 11.8 Å². The quantitative estimate of drug-likeness (QED) is 0.574. The maximum Gasteiger partial charge on any atom is 0.240 e. The van der Waals surface area contributed by atoms with Crippen molar-refractivity contribution in [3.05, 3.63) is 0 Å². The van der Waals surface area contributed by atoms with E-state index in [1.54, 1.807) is 4.90 Å². The molecule has 0 rings (SSSR count). The molecule has 0 aromatic carbocycles. The van der Waals surface area contributed by atoms with Gasteiger partial charge in [0.2, 0.25) is 11.8 Å². The van der Waals surface area contributed by atoms with E-state index in [0.717, 1.165) is 26.1 Å². The number of nitrogens with zero attached hydrogens (tertiary/aromatic N) is 2. The van der Waals surface area contributed by atoms with Crippen LogP contribution in [0.4, 0.5) is 0 Å². The summed E-state index contributed by atoms with van der Waals surface area (Å²) in [6, 6.07) is -0.814. The van der Waals surface area contributed by atoms with Crippen molar-refractivity contribution in [2.24, 2.45) is 11.5 Å². The second kappa shape index (κ2) is 9.75. The molecule has 0 aromatic rings. The van der Waals surface area contributed by atoms with E-state index in [1.807, 2.05) is 6.92 Å². The predicted octanol–water partition coefficient (Wildman–Crippen LogP) is -0.230. The minimum Gasteiger partial charge on any atom is -0.370 e. The molecule has 19 heavy (non-hydrogen) atoms. The van der Waals surface area contributed by atoms with Gasteiger partial charge in [0, 0.05) is 13.1 Å². The van der Waals surface area contributed by atoms with Crippen molar-refractivity contribution in [2.45, 2.75) is 39.7 Å². The van der Waals surface area contributed by atoms with E-state index in [9.17, 15) is 9.59 Å². The lowest BCUT2D eigenvalue weighted by molar-refractivity contribution is -0.134. The van der Waals surface area contributed by atoms with Gasteiger partial charge >= 0.3 is 0 Å². The van der Waals surface area contributed by atoms with Crippen LogP contribution >= 0.6 is 0 Å². The van der Waals surface area contributed by atoms with Gasteiger partial charge in [-0.25, -0.2) is 0 Å². The van der Waals surface area contributed by atoms with E-state index < -0.39 is 11.9 Å². The molecule has 1 unspecified atom stereocenters. The molecule has 0 radical (unpaired) electrons. The van der Waals surface area contributed by atoms with Gasteiger partial charge in [-0.05, 0) is 33.0 Å². The second-order valence-electron chi connectivity index (χ2n) is 4.58. The lowest BCUT2D eigenvalue weighted by atomic mass is 10.2. The fourth-order valence-electron chi connectivity index (χ4n) is 1.99. The summed E-state index contributed by atoms with van der Waals surface area (Å²) in [7, 11) is 0. The molecule has 0 aliphatic heterocycles. The van der Waals surface area contributed by atoms with E-state index >= 15 is 0 Å². The van der Waals surface area contributed by atoms with Gasteiger partial charge in [-0.3, -0.25) is 9.59 Å². The molecule has 0 aliphatic carbocycles. The van der Waals surface area contributed by atoms with Gasteiger partial charge in [0.15, 0.2) is 0 Å². The Morgan fingerprint density at radius 3 is 2.05 bits per heavy atom. The molecule has 6 heteroatoms. The smallest absolute Gasteiger partial charge is 0.240 e. The van der Waals surface area contributed by atoms with Crippen molar-refractivity contribution in [2.75, 3.05) is 32.7 Å². The first-order valence-electron chi connectivity index (χ1n) is 7.01. The maximum absolute atomic E-state index is 12.0. The van der Waals surface area contributed by atoms with Crippen LogP contribution < -0.4 is 11.5 Å². The highest BCUT2D eigenvalue weighted by Gasteiger charge is 2.21. The Morgan fingerprint density at radius 1 is 1.05 bits per heavy atom. The number of carbonyl (C=O) groups excluding carboxylic acids is 2. The third-order valence-electron chi connectivity index (χ3n) is 3.23. The second-order valence-corrected chi connectivity index (χ2v) is 4.58. The fourth-order valence-corrected chi connectivity index (χ4v) is 1.99. The SMILES string of the molecule is CCN(CC)CCCN(CC)C(=O)C(N)CC(N)=O. The van der Waals surface area contributed by atoms with Crippen LogP contribution in [0.15, 0.2) is 0 Å². The molecule has 4 N–H and O–H groups in total. The summed E-state index contributed by atoms with van der Waals surface area (Å²) in [5.74, 6) is -0.735. The number of likely N-dealkylation sites (N-methyl/N-ethyl adjacent to an activating group) is 1. The molecule has 2 amide bonds. The summed E-state index contributed by atoms with van der Waals surface area (Å²) in [4.78, 5) is 26.8. The Bertz CT molecular complexity index is 280. The molecular weight excluding hydrogens is 244 g/mol. The monoisotopic (exact) mass is 272 g/mol. The summed E-state index contributed by atoms with van der Waals surface area (Å²) in [5, 5.41) is 0. The molecule has 0 aliphatic rings. The molecule has 0 aromatic heterocycles. The first-order valence-corrected chi connectivity index (χ1v) is 7.01. The van der Waals surface area contributed by atoms with E-state index in [-0.39, 0.29) is 12.3 Å². The van der Waals surface area contributed by atoms with Crippen molar-refractivity contribution in [3.8, 4) is 0 Å². The molecule has 0 spiro atoms. The minimum absolute atomic E-state index is 0.0919. The Hall–Kier alpha value is -1.14. The van der Waals surface area contributed by atoms with Gasteiger partial charge in [0.25, 0.3) is 0 Å². The highest BCUT2D eigenvalue weighted by molar-refractivity contribution is 5.87. The summed E-state index contributed by atoms with van der Waals surface area (Å²) < 4.78 is 0. The average molecular weight is 272 g/mol. The minimum atomic E-state index is -0.814. The Kier molecular flexibility index (Phi) is 9.16. The molecule has 0 bridgehead atoms. The number of primary amides is 1. The summed E-state index contributed by atoms with van der Waals surface area (Å²) in [5.41, 5.74) is 10.7. The van der Waals surface area contributed by atoms with E-state index in [1.165, 1.54) is 0 Å². The highest BCUT2D eigenvalue weighted by atomic mass is 16.2. The molecule has 0 heterocycles. The van der Waals surface area contributed by atoms with E-state index in [4.69, 9.17) is 11.5 Å². The third kappa shape index (κ3) is 7.12. The zero-order valence-electron chi connectivity index (χ0n) is 12.4. The van der Waals surface area contributed by atoms with Crippen LogP contribution in [0.25, 0.3) is 0 Å². The van der Waals surface area contributed by atoms with Gasteiger partial charge in [-0.15, -0.1) is 0 Å². The van der Waals surface area contributed by atoms with E-state index in [0.29, 0.717) is 13.1 Å². The number of carbonyl (C=O) groups is 2. The predicted molar refractivity (Wildman–Crippen MR) is 76.4 cm³/mol. The Balaban J connectivity index is 4.19. The van der Waals surface area contributed by atoms with Crippen LogP contribution in [0.2, 0.25) is 0 Å². The summed E-state index contributed by atoms with van der Waals surface area (Å²) in [6.07, 6.45) is 0.815. The standard InChI is InChI=1S/C13H28N4O2/c1-4-16(5-2)8-7-9-17(6-3)13(19)11(14)10-12(15)18/h11H,4-10,14H2,1-3H3,(H2,15,18). The van der Waals surface area contributed by atoms with Crippen molar-refractivity contribution < 1.29 is 9.59 Å². The van der Waals surface area contributed by atoms with Crippen LogP contribution in [-0.4, -0.2) is 60.4 Å². The van der Waals surface area contributed by atoms with Gasteiger partial charge in [0.05, 0.1) is 12.5 Å². The zero-order valence-corrected chi connectivity index (χ0v) is 12.4. The summed E-state index contributed by atoms with van der Waals surface area (Å²) >= 11 is 0. The first kappa shape index (κ1) is 17.9. The zero-order chi connectivity index (χ0) is 14.8. The number of rotatable bonds is 10. The van der Waals surface area contributed by atoms with Crippen molar-refractivity contribution in [1.82, 2.24) is 9.80 Å². The third-order valence-corrected chi connectivity index (χ3v) is 3.23. The maximum atomic E-state index is 12.0. The number of hydrogen-bond acceptors (Lipinski definition) is 4. The van der Waals surface area contributed by atoms with Gasteiger partial charge in [-0.1, -0.05) is 13.8 Å². The molecule has 0 saturated carbocycles. The molecule has 6 nitrogen and oxygen atoms in total. The van der Waals surface area contributed by atoms with E-state index in [2.05, 4.69) is 18.7 Å². The largest absolute Gasteiger partial charge is 0.370 e. The number of nitrogens with two attached hydrogens (primary N) is 2. The van der Waals surface area contributed by atoms with Crippen LogP contribution in [0.3, 0.4) is 0 Å². The van der Waals surface area contributed by atoms with Gasteiger partial charge < -0.3 is 21.3 Å². The van der Waals surface area contributed by atoms with Crippen LogP contribution in [0.1, 0.15) is 33.6 Å². The number of hydrogen-bond donors (Lipinski definition) is 2. The van der Waals surface area contributed by atoms with Gasteiger partial charge in [0.1, 0.15) is 0 Å². The molecule has 0 fully saturated rings. The average Bonchev–Trinajstić information content (AvgIpc) is 2.37. The molecule has 112 valence electrons. The summed E-state index contributed by atoms with van der Waals surface area (Å²) in [6.45, 7) is 10.4. The van der Waals surface area contributed by atoms with Gasteiger partial charge in [-0.2, -0.15) is 0 Å². The first-order chi connectivity index (χ1) is 8.96. The Labute approximate surface area is 116 Å². The Morgan fingerprint density at radius 2 is 1.63 bits per heavy atom. The van der Waals surface area contributed by atoms with Crippen LogP contribution in [-0.2, 0) is 9.59 Å². The molecular formula is C13H28N4O2. The van der Waals surface area contributed by atoms with Crippen molar-refractivity contribution in [1.29, 1.82) is 0 Å². The van der Waals surface area contributed by atoms with Crippen LogP contribution in [0.5, 0.6) is 0 Å². The fraction of sp³-hybridized carbons (Fsp3) is 0.846. The normalized spacial score (nSPS) is 12.5. The van der Waals surface area contributed by atoms with Crippen molar-refractivity contribution in [3.63, 3.8) is 0 Å². The lowest BCUT2D eigenvalue weighted by Gasteiger charge is -2.25. The van der Waals surface area contributed by atoms with Crippen LogP contribution in [0, 0.1) is 0 Å². The topological polar surface area (TPSA) is 92.7 Å². The molecule has 1 atom stereocenters. The lowest BCUT2D eigenvalue weighted by Crippen LogP contribution is -2.46.